The van der Waals surface area contributed by atoms with Crippen LogP contribution in [-0.2, 0) is 24.1 Å². The Morgan fingerprint density at radius 2 is 2.00 bits per heavy atom. The maximum Gasteiger partial charge on any atom is 0.262 e. The fourth-order valence-corrected chi connectivity index (χ4v) is 4.34. The normalized spacial score (nSPS) is 13.4. The number of carbonyl (C=O) groups is 1. The van der Waals surface area contributed by atoms with Gasteiger partial charge in [-0.25, -0.2) is 0 Å². The molecule has 3 rings (SSSR count). The molecular formula is C20H22N2O2S. The predicted octanol–water partition coefficient (Wildman–Crippen LogP) is 4.47. The Morgan fingerprint density at radius 3 is 2.72 bits per heavy atom. The third-order valence-corrected chi connectivity index (χ3v) is 5.69. The second kappa shape index (κ2) is 8.17. The van der Waals surface area contributed by atoms with Gasteiger partial charge in [0.05, 0.1) is 5.56 Å². The second-order valence-corrected chi connectivity index (χ2v) is 7.32. The minimum atomic E-state index is -0.229. The lowest BCUT2D eigenvalue weighted by molar-refractivity contribution is -0.118. The van der Waals surface area contributed by atoms with E-state index in [1.54, 1.807) is 11.3 Å². The predicted molar refractivity (Wildman–Crippen MR) is 100 cm³/mol. The number of nitriles is 1. The molecule has 0 atom stereocenters. The van der Waals surface area contributed by atoms with Crippen LogP contribution < -0.4 is 10.1 Å². The first-order valence-electron chi connectivity index (χ1n) is 8.77. The van der Waals surface area contributed by atoms with E-state index in [-0.39, 0.29) is 12.5 Å². The molecule has 0 unspecified atom stereocenters. The molecule has 0 spiro atoms. The van der Waals surface area contributed by atoms with Crippen molar-refractivity contribution in [2.24, 2.45) is 0 Å². The van der Waals surface area contributed by atoms with E-state index in [1.165, 1.54) is 16.9 Å². The molecule has 0 fully saturated rings. The molecule has 0 saturated heterocycles. The van der Waals surface area contributed by atoms with Crippen molar-refractivity contribution in [1.29, 1.82) is 5.26 Å². The zero-order chi connectivity index (χ0) is 17.6. The molecule has 0 saturated carbocycles. The van der Waals surface area contributed by atoms with Crippen LogP contribution in [-0.4, -0.2) is 12.5 Å². The largest absolute Gasteiger partial charge is 0.484 e. The summed E-state index contributed by atoms with van der Waals surface area (Å²) in [7, 11) is 0. The summed E-state index contributed by atoms with van der Waals surface area (Å²) < 4.78 is 5.54. The van der Waals surface area contributed by atoms with Gasteiger partial charge in [0, 0.05) is 4.88 Å². The van der Waals surface area contributed by atoms with Gasteiger partial charge in [-0.05, 0) is 55.4 Å². The molecule has 1 heterocycles. The molecule has 0 bridgehead atoms. The summed E-state index contributed by atoms with van der Waals surface area (Å²) in [6.07, 6.45) is 6.39. The maximum atomic E-state index is 12.2. The number of thiophene rings is 1. The minimum absolute atomic E-state index is 0.0566. The number of ether oxygens (including phenoxy) is 1. The summed E-state index contributed by atoms with van der Waals surface area (Å²) >= 11 is 1.54. The van der Waals surface area contributed by atoms with Gasteiger partial charge >= 0.3 is 0 Å². The summed E-state index contributed by atoms with van der Waals surface area (Å²) in [5.41, 5.74) is 3.01. The number of carbonyl (C=O) groups excluding carboxylic acids is 1. The van der Waals surface area contributed by atoms with Crippen molar-refractivity contribution < 1.29 is 9.53 Å². The van der Waals surface area contributed by atoms with Crippen molar-refractivity contribution in [3.8, 4) is 11.8 Å². The van der Waals surface area contributed by atoms with Gasteiger partial charge in [-0.1, -0.05) is 25.5 Å². The molecular weight excluding hydrogens is 332 g/mol. The van der Waals surface area contributed by atoms with Crippen molar-refractivity contribution >= 4 is 22.2 Å². The monoisotopic (exact) mass is 354 g/mol. The topological polar surface area (TPSA) is 62.1 Å². The van der Waals surface area contributed by atoms with Gasteiger partial charge in [-0.15, -0.1) is 11.3 Å². The third kappa shape index (κ3) is 4.21. The minimum Gasteiger partial charge on any atom is -0.484 e. The Bertz CT molecular complexity index is 787. The van der Waals surface area contributed by atoms with Crippen molar-refractivity contribution in [2.45, 2.75) is 45.4 Å². The number of nitrogens with zero attached hydrogens (tertiary/aromatic N) is 1. The van der Waals surface area contributed by atoms with Crippen LogP contribution in [0.25, 0.3) is 0 Å². The standard InChI is InChI=1S/C20H22N2O2S/c1-2-14-8-10-15(11-9-14)24-13-19(23)22-20-17(12-21)16-6-4-3-5-7-18(16)25-20/h8-11H,2-7,13H2,1H3,(H,22,23). The van der Waals surface area contributed by atoms with Gasteiger partial charge in [0.2, 0.25) is 0 Å². The fraction of sp³-hybridized carbons (Fsp3) is 0.400. The number of aryl methyl sites for hydroxylation is 2. The van der Waals surface area contributed by atoms with Gasteiger partial charge in [-0.2, -0.15) is 5.26 Å². The highest BCUT2D eigenvalue weighted by Crippen LogP contribution is 2.36. The molecule has 1 aliphatic rings. The number of hydrogen-bond acceptors (Lipinski definition) is 4. The maximum absolute atomic E-state index is 12.2. The van der Waals surface area contributed by atoms with Gasteiger partial charge in [0.25, 0.3) is 5.91 Å². The van der Waals surface area contributed by atoms with Crippen molar-refractivity contribution in [3.05, 3.63) is 45.8 Å². The first-order chi connectivity index (χ1) is 12.2. The number of amides is 1. The van der Waals surface area contributed by atoms with Crippen LogP contribution in [0, 0.1) is 11.3 Å². The summed E-state index contributed by atoms with van der Waals surface area (Å²) in [5, 5.41) is 13.0. The Labute approximate surface area is 152 Å². The highest BCUT2D eigenvalue weighted by atomic mass is 32.1. The number of hydrogen-bond donors (Lipinski definition) is 1. The third-order valence-electron chi connectivity index (χ3n) is 4.49. The molecule has 5 heteroatoms. The van der Waals surface area contributed by atoms with Crippen molar-refractivity contribution in [3.63, 3.8) is 0 Å². The van der Waals surface area contributed by atoms with Crippen LogP contribution in [0.2, 0.25) is 0 Å². The lowest BCUT2D eigenvalue weighted by atomic mass is 10.1. The highest BCUT2D eigenvalue weighted by Gasteiger charge is 2.21. The number of fused-ring (bicyclic) bond motifs is 1. The first-order valence-corrected chi connectivity index (χ1v) is 9.59. The molecule has 1 aliphatic carbocycles. The quantitative estimate of drug-likeness (QED) is 0.806. The zero-order valence-electron chi connectivity index (χ0n) is 14.4. The van der Waals surface area contributed by atoms with E-state index < -0.39 is 0 Å². The van der Waals surface area contributed by atoms with Gasteiger partial charge in [-0.3, -0.25) is 4.79 Å². The summed E-state index contributed by atoms with van der Waals surface area (Å²) in [4.78, 5) is 13.5. The van der Waals surface area contributed by atoms with Gasteiger partial charge in [0.15, 0.2) is 6.61 Å². The summed E-state index contributed by atoms with van der Waals surface area (Å²) in [6.45, 7) is 2.04. The highest BCUT2D eigenvalue weighted by molar-refractivity contribution is 7.16. The SMILES string of the molecule is CCc1ccc(OCC(=O)Nc2sc3c(c2C#N)CCCCC3)cc1. The second-order valence-electron chi connectivity index (χ2n) is 6.21. The van der Waals surface area contributed by atoms with Crippen LogP contribution in [0.1, 0.15) is 47.8 Å². The molecule has 1 amide bonds. The van der Waals surface area contributed by atoms with Crippen LogP contribution in [0.4, 0.5) is 5.00 Å². The average molecular weight is 354 g/mol. The molecule has 130 valence electrons. The Kier molecular flexibility index (Phi) is 5.72. The molecule has 0 aliphatic heterocycles. The zero-order valence-corrected chi connectivity index (χ0v) is 15.2. The average Bonchev–Trinajstić information content (AvgIpc) is 2.79. The molecule has 0 radical (unpaired) electrons. The van der Waals surface area contributed by atoms with E-state index in [0.717, 1.165) is 37.7 Å². The lowest BCUT2D eigenvalue weighted by Gasteiger charge is -2.07. The van der Waals surface area contributed by atoms with E-state index in [4.69, 9.17) is 4.74 Å². The van der Waals surface area contributed by atoms with E-state index >= 15 is 0 Å². The summed E-state index contributed by atoms with van der Waals surface area (Å²) in [6, 6.07) is 10.0. The fourth-order valence-electron chi connectivity index (χ4n) is 3.08. The molecule has 25 heavy (non-hydrogen) atoms. The van der Waals surface area contributed by atoms with Crippen molar-refractivity contribution in [2.75, 3.05) is 11.9 Å². The first kappa shape index (κ1) is 17.5. The molecule has 1 aromatic carbocycles. The smallest absolute Gasteiger partial charge is 0.262 e. The van der Waals surface area contributed by atoms with Crippen molar-refractivity contribution in [1.82, 2.24) is 0 Å². The number of rotatable bonds is 5. The number of nitrogens with one attached hydrogen (secondary N) is 1. The Balaban J connectivity index is 1.63. The summed E-state index contributed by atoms with van der Waals surface area (Å²) in [5.74, 6) is 0.447. The van der Waals surface area contributed by atoms with E-state index in [1.807, 2.05) is 24.3 Å². The lowest BCUT2D eigenvalue weighted by Crippen LogP contribution is -2.20. The molecule has 1 aromatic heterocycles. The number of benzene rings is 1. The Morgan fingerprint density at radius 1 is 1.24 bits per heavy atom. The van der Waals surface area contributed by atoms with E-state index in [9.17, 15) is 10.1 Å². The molecule has 4 nitrogen and oxygen atoms in total. The number of anilines is 1. The van der Waals surface area contributed by atoms with Crippen LogP contribution in [0.3, 0.4) is 0 Å². The van der Waals surface area contributed by atoms with Crippen LogP contribution in [0.5, 0.6) is 5.75 Å². The molecule has 1 N–H and O–H groups in total. The van der Waals surface area contributed by atoms with Crippen LogP contribution >= 0.6 is 11.3 Å². The van der Waals surface area contributed by atoms with Gasteiger partial charge in [0.1, 0.15) is 16.8 Å². The molecule has 2 aromatic rings. The Hall–Kier alpha value is -2.32. The van der Waals surface area contributed by atoms with E-state index in [0.29, 0.717) is 16.3 Å². The van der Waals surface area contributed by atoms with Crippen LogP contribution in [0.15, 0.2) is 24.3 Å². The van der Waals surface area contributed by atoms with Gasteiger partial charge < -0.3 is 10.1 Å². The van der Waals surface area contributed by atoms with E-state index in [2.05, 4.69) is 18.3 Å².